The molecule has 0 atom stereocenters. The van der Waals surface area contributed by atoms with Gasteiger partial charge < -0.3 is 10.2 Å². The number of rotatable bonds is 4. The Hall–Kier alpha value is -1.03. The number of benzene rings is 1. The van der Waals surface area contributed by atoms with E-state index in [1.807, 2.05) is 30.0 Å². The molecule has 1 aromatic carbocycles. The third-order valence-corrected chi connectivity index (χ3v) is 3.73. The van der Waals surface area contributed by atoms with Crippen molar-refractivity contribution in [2.75, 3.05) is 11.9 Å². The first kappa shape index (κ1) is 14.4. The molecule has 1 N–H and O–H groups in total. The average Bonchev–Trinajstić information content (AvgIpc) is 3.13. The van der Waals surface area contributed by atoms with Gasteiger partial charge in [-0.3, -0.25) is 0 Å². The molecule has 19 heavy (non-hydrogen) atoms. The van der Waals surface area contributed by atoms with Gasteiger partial charge >= 0.3 is 6.03 Å². The van der Waals surface area contributed by atoms with E-state index in [4.69, 9.17) is 0 Å². The van der Waals surface area contributed by atoms with Crippen LogP contribution in [-0.2, 0) is 0 Å². The van der Waals surface area contributed by atoms with Crippen LogP contribution in [0.15, 0.2) is 22.7 Å². The Balaban J connectivity index is 2.05. The van der Waals surface area contributed by atoms with Gasteiger partial charge in [0.05, 0.1) is 0 Å². The van der Waals surface area contributed by atoms with E-state index in [-0.39, 0.29) is 6.03 Å². The smallest absolute Gasteiger partial charge is 0.321 e. The Morgan fingerprint density at radius 3 is 2.68 bits per heavy atom. The highest BCUT2D eigenvalue weighted by molar-refractivity contribution is 9.10. The van der Waals surface area contributed by atoms with Gasteiger partial charge in [0.1, 0.15) is 0 Å². The molecule has 0 heterocycles. The Labute approximate surface area is 123 Å². The number of amides is 2. The van der Waals surface area contributed by atoms with Gasteiger partial charge in [0.25, 0.3) is 0 Å². The van der Waals surface area contributed by atoms with Gasteiger partial charge in [-0.15, -0.1) is 0 Å². The van der Waals surface area contributed by atoms with E-state index in [1.165, 1.54) is 0 Å². The van der Waals surface area contributed by atoms with Crippen molar-refractivity contribution in [3.63, 3.8) is 0 Å². The van der Waals surface area contributed by atoms with Crippen molar-refractivity contribution in [2.24, 2.45) is 5.92 Å². The van der Waals surface area contributed by atoms with Gasteiger partial charge in [-0.25, -0.2) is 4.79 Å². The highest BCUT2D eigenvalue weighted by Crippen LogP contribution is 2.29. The van der Waals surface area contributed by atoms with Crippen molar-refractivity contribution in [2.45, 2.75) is 39.7 Å². The minimum Gasteiger partial charge on any atom is -0.321 e. The summed E-state index contributed by atoms with van der Waals surface area (Å²) >= 11 is 3.43. The van der Waals surface area contributed by atoms with Gasteiger partial charge in [-0.2, -0.15) is 0 Å². The number of halogens is 1. The third kappa shape index (κ3) is 3.96. The number of urea groups is 1. The van der Waals surface area contributed by atoms with Crippen molar-refractivity contribution in [3.05, 3.63) is 28.2 Å². The van der Waals surface area contributed by atoms with E-state index < -0.39 is 0 Å². The molecule has 0 saturated heterocycles. The number of aryl methyl sites for hydroxylation is 1. The average molecular weight is 325 g/mol. The highest BCUT2D eigenvalue weighted by atomic mass is 79.9. The van der Waals surface area contributed by atoms with Crippen LogP contribution in [0, 0.1) is 12.8 Å². The Kier molecular flexibility index (Phi) is 4.50. The van der Waals surface area contributed by atoms with Gasteiger partial charge in [-0.1, -0.05) is 29.8 Å². The molecule has 0 aromatic heterocycles. The van der Waals surface area contributed by atoms with Crippen LogP contribution in [0.3, 0.4) is 0 Å². The molecular formula is C15H21BrN2O. The monoisotopic (exact) mass is 324 g/mol. The summed E-state index contributed by atoms with van der Waals surface area (Å²) in [5, 5.41) is 3.03. The van der Waals surface area contributed by atoms with Crippen LogP contribution >= 0.6 is 15.9 Å². The number of nitrogens with zero attached hydrogens (tertiary/aromatic N) is 1. The van der Waals surface area contributed by atoms with Crippen LogP contribution in [0.4, 0.5) is 10.5 Å². The predicted octanol–water partition coefficient (Wildman–Crippen LogP) is 4.41. The lowest BCUT2D eigenvalue weighted by atomic mass is 10.2. The lowest BCUT2D eigenvalue weighted by molar-refractivity contribution is 0.201. The highest BCUT2D eigenvalue weighted by Gasteiger charge is 2.32. The molecule has 0 unspecified atom stereocenters. The number of carbonyl (C=O) groups excluding carboxylic acids is 1. The molecule has 0 spiro atoms. The van der Waals surface area contributed by atoms with Gasteiger partial charge in [0.15, 0.2) is 0 Å². The number of hydrogen-bond acceptors (Lipinski definition) is 1. The lowest BCUT2D eigenvalue weighted by Crippen LogP contribution is -2.39. The minimum absolute atomic E-state index is 0.0293. The first-order chi connectivity index (χ1) is 8.97. The Bertz CT molecular complexity index is 469. The number of hydrogen-bond donors (Lipinski definition) is 1. The summed E-state index contributed by atoms with van der Waals surface area (Å²) < 4.78 is 1.03. The molecule has 3 nitrogen and oxygen atoms in total. The molecule has 0 radical (unpaired) electrons. The SMILES string of the molecule is Cc1cc(Br)ccc1NC(=O)N(CC(C)C)C1CC1. The molecule has 1 saturated carbocycles. The zero-order valence-electron chi connectivity index (χ0n) is 11.7. The maximum atomic E-state index is 12.4. The van der Waals surface area contributed by atoms with Crippen LogP contribution < -0.4 is 5.32 Å². The summed E-state index contributed by atoms with van der Waals surface area (Å²) in [5.74, 6) is 0.498. The third-order valence-electron chi connectivity index (χ3n) is 3.24. The maximum Gasteiger partial charge on any atom is 0.322 e. The van der Waals surface area contributed by atoms with Crippen LogP contribution in [0.5, 0.6) is 0 Å². The zero-order chi connectivity index (χ0) is 14.0. The quantitative estimate of drug-likeness (QED) is 0.874. The van der Waals surface area contributed by atoms with Crippen molar-refractivity contribution in [1.29, 1.82) is 0 Å². The second kappa shape index (κ2) is 5.95. The van der Waals surface area contributed by atoms with Crippen molar-refractivity contribution in [3.8, 4) is 0 Å². The first-order valence-corrected chi connectivity index (χ1v) is 7.60. The fourth-order valence-electron chi connectivity index (χ4n) is 2.13. The van der Waals surface area contributed by atoms with Gasteiger partial charge in [-0.05, 0) is 49.4 Å². The van der Waals surface area contributed by atoms with E-state index in [0.717, 1.165) is 35.1 Å². The normalized spacial score (nSPS) is 14.6. The van der Waals surface area contributed by atoms with Crippen LogP contribution in [-0.4, -0.2) is 23.5 Å². The standard InChI is InChI=1S/C15H21BrN2O/c1-10(2)9-18(13-5-6-13)15(19)17-14-7-4-12(16)8-11(14)3/h4,7-8,10,13H,5-6,9H2,1-3H3,(H,17,19). The van der Waals surface area contributed by atoms with E-state index in [9.17, 15) is 4.79 Å². The number of anilines is 1. The molecule has 1 fully saturated rings. The van der Waals surface area contributed by atoms with Crippen molar-refractivity contribution in [1.82, 2.24) is 4.90 Å². The first-order valence-electron chi connectivity index (χ1n) is 6.81. The molecule has 1 aliphatic rings. The van der Waals surface area contributed by atoms with Crippen LogP contribution in [0.25, 0.3) is 0 Å². The number of carbonyl (C=O) groups is 1. The van der Waals surface area contributed by atoms with Gasteiger partial charge in [0.2, 0.25) is 0 Å². The summed E-state index contributed by atoms with van der Waals surface area (Å²) in [7, 11) is 0. The summed E-state index contributed by atoms with van der Waals surface area (Å²) in [6, 6.07) is 6.38. The van der Waals surface area contributed by atoms with E-state index in [1.54, 1.807) is 0 Å². The molecule has 1 aromatic rings. The molecule has 104 valence electrons. The summed E-state index contributed by atoms with van der Waals surface area (Å²) in [6.45, 7) is 7.12. The van der Waals surface area contributed by atoms with Gasteiger partial charge in [0, 0.05) is 22.7 Å². The van der Waals surface area contributed by atoms with E-state index in [2.05, 4.69) is 35.1 Å². The minimum atomic E-state index is 0.0293. The second-order valence-corrected chi connectivity index (χ2v) is 6.58. The van der Waals surface area contributed by atoms with E-state index in [0.29, 0.717) is 12.0 Å². The largest absolute Gasteiger partial charge is 0.322 e. The molecule has 2 rings (SSSR count). The molecule has 4 heteroatoms. The Morgan fingerprint density at radius 2 is 2.16 bits per heavy atom. The van der Waals surface area contributed by atoms with Crippen LogP contribution in [0.1, 0.15) is 32.3 Å². The lowest BCUT2D eigenvalue weighted by Gasteiger charge is -2.25. The van der Waals surface area contributed by atoms with E-state index >= 15 is 0 Å². The Morgan fingerprint density at radius 1 is 1.47 bits per heavy atom. The fraction of sp³-hybridized carbons (Fsp3) is 0.533. The summed E-state index contributed by atoms with van der Waals surface area (Å²) in [4.78, 5) is 14.3. The molecular weight excluding hydrogens is 304 g/mol. The molecule has 1 aliphatic carbocycles. The topological polar surface area (TPSA) is 32.3 Å². The fourth-order valence-corrected chi connectivity index (χ4v) is 2.61. The molecule has 0 bridgehead atoms. The van der Waals surface area contributed by atoms with Crippen molar-refractivity contribution < 1.29 is 4.79 Å². The predicted molar refractivity (Wildman–Crippen MR) is 82.5 cm³/mol. The maximum absolute atomic E-state index is 12.4. The summed E-state index contributed by atoms with van der Waals surface area (Å²) in [5.41, 5.74) is 1.96. The zero-order valence-corrected chi connectivity index (χ0v) is 13.3. The number of nitrogens with one attached hydrogen (secondary N) is 1. The molecule has 2 amide bonds. The summed E-state index contributed by atoms with van der Waals surface area (Å²) in [6.07, 6.45) is 2.28. The van der Waals surface area contributed by atoms with Crippen LogP contribution in [0.2, 0.25) is 0 Å². The second-order valence-electron chi connectivity index (χ2n) is 5.67. The van der Waals surface area contributed by atoms with Crippen molar-refractivity contribution >= 4 is 27.6 Å². The molecule has 0 aliphatic heterocycles.